The highest BCUT2D eigenvalue weighted by atomic mass is 16.5. The van der Waals surface area contributed by atoms with Crippen LogP contribution in [0.2, 0.25) is 0 Å². The second-order valence-electron chi connectivity index (χ2n) is 4.50. The van der Waals surface area contributed by atoms with E-state index < -0.39 is 17.5 Å². The molecule has 6 heteroatoms. The molecule has 6 nitrogen and oxygen atoms in total. The summed E-state index contributed by atoms with van der Waals surface area (Å²) in [4.78, 5) is 22.3. The van der Waals surface area contributed by atoms with Crippen LogP contribution in [0.1, 0.15) is 27.2 Å². The fourth-order valence-corrected chi connectivity index (χ4v) is 1.46. The summed E-state index contributed by atoms with van der Waals surface area (Å²) in [7, 11) is 0. The van der Waals surface area contributed by atoms with E-state index in [4.69, 9.17) is 9.84 Å². The van der Waals surface area contributed by atoms with Gasteiger partial charge in [-0.25, -0.2) is 9.59 Å². The number of carboxylic acids is 1. The largest absolute Gasteiger partial charge is 0.480 e. The van der Waals surface area contributed by atoms with Crippen LogP contribution in [0.3, 0.4) is 0 Å². The van der Waals surface area contributed by atoms with Gasteiger partial charge < -0.3 is 20.5 Å². The molecule has 0 aromatic rings. The summed E-state index contributed by atoms with van der Waals surface area (Å²) in [6.07, 6.45) is 0.723. The maximum absolute atomic E-state index is 11.5. The summed E-state index contributed by atoms with van der Waals surface area (Å²) in [6.45, 7) is 5.36. The summed E-state index contributed by atoms with van der Waals surface area (Å²) in [6, 6.07) is -0.528. The molecule has 92 valence electrons. The van der Waals surface area contributed by atoms with Gasteiger partial charge in [-0.15, -0.1) is 0 Å². The van der Waals surface area contributed by atoms with Crippen LogP contribution in [-0.4, -0.2) is 41.4 Å². The third-order valence-corrected chi connectivity index (χ3v) is 2.65. The van der Waals surface area contributed by atoms with E-state index in [1.165, 1.54) is 13.8 Å². The number of urea groups is 1. The summed E-state index contributed by atoms with van der Waals surface area (Å²) in [5, 5.41) is 13.9. The maximum Gasteiger partial charge on any atom is 0.328 e. The average Bonchev–Trinajstić information content (AvgIpc) is 2.50. The lowest BCUT2D eigenvalue weighted by atomic mass is 10.1. The summed E-state index contributed by atoms with van der Waals surface area (Å²) < 4.78 is 5.29. The lowest BCUT2D eigenvalue weighted by Crippen LogP contribution is -2.55. The molecule has 1 saturated heterocycles. The number of amides is 2. The number of carboxylic acid groups (broad SMARTS) is 1. The molecule has 1 aliphatic rings. The fraction of sp³-hybridized carbons (Fsp3) is 0.800. The molecule has 1 aliphatic heterocycles. The molecular weight excluding hydrogens is 212 g/mol. The first-order chi connectivity index (χ1) is 7.33. The van der Waals surface area contributed by atoms with Crippen LogP contribution < -0.4 is 10.6 Å². The average molecular weight is 230 g/mol. The Morgan fingerprint density at radius 3 is 2.50 bits per heavy atom. The standard InChI is InChI=1S/C10H18N2O4/c1-6-7(4-5-16-6)11-9(15)12-10(2,3)8(13)14/h6-7H,4-5H2,1-3H3,(H,13,14)(H2,11,12,15). The Kier molecular flexibility index (Phi) is 3.74. The van der Waals surface area contributed by atoms with E-state index in [1.807, 2.05) is 6.92 Å². The van der Waals surface area contributed by atoms with Crippen molar-refractivity contribution in [2.75, 3.05) is 6.61 Å². The molecule has 2 unspecified atom stereocenters. The van der Waals surface area contributed by atoms with Crippen LogP contribution in [0.4, 0.5) is 4.79 Å². The molecule has 1 fully saturated rings. The van der Waals surface area contributed by atoms with Crippen LogP contribution in [-0.2, 0) is 9.53 Å². The molecule has 3 N–H and O–H groups in total. The van der Waals surface area contributed by atoms with Crippen molar-refractivity contribution < 1.29 is 19.4 Å². The van der Waals surface area contributed by atoms with Gasteiger partial charge >= 0.3 is 12.0 Å². The second-order valence-corrected chi connectivity index (χ2v) is 4.50. The quantitative estimate of drug-likeness (QED) is 0.651. The van der Waals surface area contributed by atoms with Gasteiger partial charge in [0.05, 0.1) is 12.1 Å². The zero-order valence-electron chi connectivity index (χ0n) is 9.74. The molecule has 2 amide bonds. The van der Waals surface area contributed by atoms with E-state index in [9.17, 15) is 9.59 Å². The molecule has 0 bridgehead atoms. The SMILES string of the molecule is CC1OCCC1NC(=O)NC(C)(C)C(=O)O. The van der Waals surface area contributed by atoms with E-state index in [0.717, 1.165) is 6.42 Å². The minimum atomic E-state index is -1.27. The molecule has 1 heterocycles. The predicted octanol–water partition coefficient (Wildman–Crippen LogP) is 0.326. The summed E-state index contributed by atoms with van der Waals surface area (Å²) >= 11 is 0. The fourth-order valence-electron chi connectivity index (χ4n) is 1.46. The smallest absolute Gasteiger partial charge is 0.328 e. The minimum Gasteiger partial charge on any atom is -0.480 e. The van der Waals surface area contributed by atoms with Crippen molar-refractivity contribution in [3.8, 4) is 0 Å². The lowest BCUT2D eigenvalue weighted by Gasteiger charge is -2.23. The third-order valence-electron chi connectivity index (χ3n) is 2.65. The van der Waals surface area contributed by atoms with E-state index in [0.29, 0.717) is 6.61 Å². The number of rotatable bonds is 3. The Morgan fingerprint density at radius 2 is 2.06 bits per heavy atom. The predicted molar refractivity (Wildman–Crippen MR) is 57.2 cm³/mol. The van der Waals surface area contributed by atoms with Crippen molar-refractivity contribution in [2.45, 2.75) is 44.9 Å². The van der Waals surface area contributed by atoms with Crippen LogP contribution in [0.15, 0.2) is 0 Å². The van der Waals surface area contributed by atoms with Crippen LogP contribution >= 0.6 is 0 Å². The normalized spacial score (nSPS) is 25.2. The van der Waals surface area contributed by atoms with Crippen molar-refractivity contribution in [3.05, 3.63) is 0 Å². The molecule has 2 atom stereocenters. The Labute approximate surface area is 94.3 Å². The molecule has 0 saturated carbocycles. The van der Waals surface area contributed by atoms with Gasteiger partial charge in [-0.1, -0.05) is 0 Å². The minimum absolute atomic E-state index is 0.0290. The Morgan fingerprint density at radius 1 is 1.44 bits per heavy atom. The molecule has 1 rings (SSSR count). The summed E-state index contributed by atoms with van der Waals surface area (Å²) in [5.74, 6) is -1.07. The Balaban J connectivity index is 2.44. The molecular formula is C10H18N2O4. The van der Waals surface area contributed by atoms with E-state index >= 15 is 0 Å². The number of hydrogen-bond donors (Lipinski definition) is 3. The van der Waals surface area contributed by atoms with Crippen LogP contribution in [0, 0.1) is 0 Å². The van der Waals surface area contributed by atoms with Gasteiger partial charge in [0.1, 0.15) is 5.54 Å². The molecule has 0 radical (unpaired) electrons. The van der Waals surface area contributed by atoms with E-state index in [2.05, 4.69) is 10.6 Å². The third kappa shape index (κ3) is 3.10. The zero-order chi connectivity index (χ0) is 12.3. The molecule has 0 spiro atoms. The number of carbonyl (C=O) groups is 2. The van der Waals surface area contributed by atoms with Gasteiger partial charge in [0.2, 0.25) is 0 Å². The number of ether oxygens (including phenoxy) is 1. The monoisotopic (exact) mass is 230 g/mol. The molecule has 0 aromatic heterocycles. The first-order valence-electron chi connectivity index (χ1n) is 5.26. The zero-order valence-corrected chi connectivity index (χ0v) is 9.74. The lowest BCUT2D eigenvalue weighted by molar-refractivity contribution is -0.142. The van der Waals surface area contributed by atoms with Gasteiger partial charge in [-0.3, -0.25) is 0 Å². The van der Waals surface area contributed by atoms with E-state index in [-0.39, 0.29) is 12.1 Å². The van der Waals surface area contributed by atoms with Crippen molar-refractivity contribution in [2.24, 2.45) is 0 Å². The van der Waals surface area contributed by atoms with Crippen LogP contribution in [0.5, 0.6) is 0 Å². The molecule has 16 heavy (non-hydrogen) atoms. The highest BCUT2D eigenvalue weighted by Crippen LogP contribution is 2.12. The number of carbonyl (C=O) groups excluding carboxylic acids is 1. The molecule has 0 aliphatic carbocycles. The molecule has 0 aromatic carbocycles. The van der Waals surface area contributed by atoms with Gasteiger partial charge in [0, 0.05) is 6.61 Å². The second kappa shape index (κ2) is 4.69. The van der Waals surface area contributed by atoms with Gasteiger partial charge in [-0.05, 0) is 27.2 Å². The number of nitrogens with one attached hydrogen (secondary N) is 2. The maximum atomic E-state index is 11.5. The van der Waals surface area contributed by atoms with Crippen molar-refractivity contribution in [3.63, 3.8) is 0 Å². The van der Waals surface area contributed by atoms with Crippen molar-refractivity contribution in [1.29, 1.82) is 0 Å². The first-order valence-corrected chi connectivity index (χ1v) is 5.26. The van der Waals surface area contributed by atoms with Crippen molar-refractivity contribution in [1.82, 2.24) is 10.6 Å². The van der Waals surface area contributed by atoms with Crippen LogP contribution in [0.25, 0.3) is 0 Å². The Bertz CT molecular complexity index is 291. The summed E-state index contributed by atoms with van der Waals surface area (Å²) in [5.41, 5.74) is -1.27. The van der Waals surface area contributed by atoms with Gasteiger partial charge in [-0.2, -0.15) is 0 Å². The first kappa shape index (κ1) is 12.8. The highest BCUT2D eigenvalue weighted by Gasteiger charge is 2.31. The van der Waals surface area contributed by atoms with Crippen molar-refractivity contribution >= 4 is 12.0 Å². The highest BCUT2D eigenvalue weighted by molar-refractivity contribution is 5.85. The van der Waals surface area contributed by atoms with Gasteiger partial charge in [0.25, 0.3) is 0 Å². The van der Waals surface area contributed by atoms with Gasteiger partial charge in [0.15, 0.2) is 0 Å². The number of hydrogen-bond acceptors (Lipinski definition) is 3. The Hall–Kier alpha value is -1.30. The topological polar surface area (TPSA) is 87.7 Å². The van der Waals surface area contributed by atoms with E-state index in [1.54, 1.807) is 0 Å². The number of aliphatic carboxylic acids is 1.